The van der Waals surface area contributed by atoms with Crippen molar-refractivity contribution in [3.05, 3.63) is 65.2 Å². The van der Waals surface area contributed by atoms with Gasteiger partial charge in [-0.15, -0.1) is 0 Å². The van der Waals surface area contributed by atoms with Crippen LogP contribution < -0.4 is 10.6 Å². The van der Waals surface area contributed by atoms with E-state index in [0.29, 0.717) is 5.56 Å². The zero-order chi connectivity index (χ0) is 21.6. The fourth-order valence-electron chi connectivity index (χ4n) is 2.54. The lowest BCUT2D eigenvalue weighted by atomic mass is 10.0. The molecule has 0 aliphatic carbocycles. The van der Waals surface area contributed by atoms with E-state index in [9.17, 15) is 23.2 Å². The Hall–Kier alpha value is -3.29. The molecule has 0 fully saturated rings. The Labute approximate surface area is 167 Å². The molecular weight excluding hydrogens is 382 g/mol. The highest BCUT2D eigenvalue weighted by atomic mass is 19.2. The van der Waals surface area contributed by atoms with Gasteiger partial charge in [0.15, 0.2) is 18.2 Å². The molecule has 6 nitrogen and oxygen atoms in total. The van der Waals surface area contributed by atoms with E-state index in [0.717, 1.165) is 17.7 Å². The molecular formula is C21H22F2N2O4. The Morgan fingerprint density at radius 1 is 1.03 bits per heavy atom. The molecule has 2 amide bonds. The quantitative estimate of drug-likeness (QED) is 0.694. The van der Waals surface area contributed by atoms with Crippen LogP contribution in [0, 0.1) is 24.5 Å². The Morgan fingerprint density at radius 2 is 1.72 bits per heavy atom. The SMILES string of the molecule is Cc1ccccc1C(=O)N[C@H](C(=O)OCC(=O)Nc1ccc(F)c(F)c1)C(C)C. The van der Waals surface area contributed by atoms with E-state index in [1.165, 1.54) is 6.07 Å². The van der Waals surface area contributed by atoms with Gasteiger partial charge in [-0.25, -0.2) is 13.6 Å². The maximum absolute atomic E-state index is 13.2. The van der Waals surface area contributed by atoms with Gasteiger partial charge in [-0.1, -0.05) is 32.0 Å². The largest absolute Gasteiger partial charge is 0.454 e. The molecule has 2 N–H and O–H groups in total. The van der Waals surface area contributed by atoms with Gasteiger partial charge in [0, 0.05) is 17.3 Å². The van der Waals surface area contributed by atoms with Crippen LogP contribution in [0.3, 0.4) is 0 Å². The molecule has 29 heavy (non-hydrogen) atoms. The van der Waals surface area contributed by atoms with Gasteiger partial charge in [0.05, 0.1) is 0 Å². The van der Waals surface area contributed by atoms with E-state index in [2.05, 4.69) is 10.6 Å². The lowest BCUT2D eigenvalue weighted by Crippen LogP contribution is -2.46. The van der Waals surface area contributed by atoms with Crippen molar-refractivity contribution in [2.24, 2.45) is 5.92 Å². The maximum atomic E-state index is 13.2. The summed E-state index contributed by atoms with van der Waals surface area (Å²) in [5.74, 6) is -4.37. The average molecular weight is 404 g/mol. The molecule has 0 aliphatic rings. The summed E-state index contributed by atoms with van der Waals surface area (Å²) >= 11 is 0. The summed E-state index contributed by atoms with van der Waals surface area (Å²) in [5, 5.41) is 4.92. The third-order valence-corrected chi connectivity index (χ3v) is 4.15. The first-order valence-corrected chi connectivity index (χ1v) is 8.97. The number of nitrogens with one attached hydrogen (secondary N) is 2. The van der Waals surface area contributed by atoms with Crippen LogP contribution in [0.4, 0.5) is 14.5 Å². The number of anilines is 1. The normalized spacial score (nSPS) is 11.7. The van der Waals surface area contributed by atoms with Crippen LogP contribution >= 0.6 is 0 Å². The zero-order valence-corrected chi connectivity index (χ0v) is 16.3. The number of amides is 2. The molecule has 154 valence electrons. The van der Waals surface area contributed by atoms with E-state index >= 15 is 0 Å². The molecule has 2 aromatic carbocycles. The highest BCUT2D eigenvalue weighted by molar-refractivity contribution is 5.98. The molecule has 8 heteroatoms. The van der Waals surface area contributed by atoms with Crippen molar-refractivity contribution in [3.63, 3.8) is 0 Å². The monoisotopic (exact) mass is 404 g/mol. The smallest absolute Gasteiger partial charge is 0.329 e. The third-order valence-electron chi connectivity index (χ3n) is 4.15. The number of esters is 1. The fraction of sp³-hybridized carbons (Fsp3) is 0.286. The zero-order valence-electron chi connectivity index (χ0n) is 16.3. The minimum Gasteiger partial charge on any atom is -0.454 e. The molecule has 2 aromatic rings. The van der Waals surface area contributed by atoms with Gasteiger partial charge in [-0.2, -0.15) is 0 Å². The van der Waals surface area contributed by atoms with Crippen LogP contribution in [-0.2, 0) is 14.3 Å². The molecule has 1 atom stereocenters. The number of aryl methyl sites for hydroxylation is 1. The van der Waals surface area contributed by atoms with Crippen molar-refractivity contribution < 1.29 is 27.9 Å². The molecule has 0 heterocycles. The van der Waals surface area contributed by atoms with E-state index in [4.69, 9.17) is 4.74 Å². The van der Waals surface area contributed by atoms with Crippen molar-refractivity contribution in [3.8, 4) is 0 Å². The first kappa shape index (κ1) is 22.0. The van der Waals surface area contributed by atoms with Crippen LogP contribution in [0.2, 0.25) is 0 Å². The molecule has 0 saturated carbocycles. The summed E-state index contributed by atoms with van der Waals surface area (Å²) in [5.41, 5.74) is 1.21. The lowest BCUT2D eigenvalue weighted by molar-refractivity contribution is -0.150. The van der Waals surface area contributed by atoms with Gasteiger partial charge in [0.25, 0.3) is 11.8 Å². The topological polar surface area (TPSA) is 84.5 Å². The molecule has 0 unspecified atom stereocenters. The first-order chi connectivity index (χ1) is 13.7. The molecule has 0 bridgehead atoms. The lowest BCUT2D eigenvalue weighted by Gasteiger charge is -2.21. The number of carbonyl (C=O) groups is 3. The van der Waals surface area contributed by atoms with Crippen LogP contribution in [0.15, 0.2) is 42.5 Å². The van der Waals surface area contributed by atoms with Crippen molar-refractivity contribution in [2.45, 2.75) is 26.8 Å². The maximum Gasteiger partial charge on any atom is 0.329 e. The number of carbonyl (C=O) groups excluding carboxylic acids is 3. The Bertz CT molecular complexity index is 915. The second-order valence-corrected chi connectivity index (χ2v) is 6.79. The van der Waals surface area contributed by atoms with E-state index in [-0.39, 0.29) is 11.6 Å². The molecule has 0 aromatic heterocycles. The summed E-state index contributed by atoms with van der Waals surface area (Å²) in [6, 6.07) is 8.83. The standard InChI is InChI=1S/C21H22F2N2O4/c1-12(2)19(25-20(27)15-7-5-4-6-13(15)3)21(28)29-11-18(26)24-14-8-9-16(22)17(23)10-14/h4-10,12,19H,11H2,1-3H3,(H,24,26)(H,25,27)/t19-/m0/s1. The summed E-state index contributed by atoms with van der Waals surface area (Å²) < 4.78 is 31.1. The van der Waals surface area contributed by atoms with Crippen molar-refractivity contribution in [1.29, 1.82) is 0 Å². The summed E-state index contributed by atoms with van der Waals surface area (Å²) in [4.78, 5) is 36.7. The number of benzene rings is 2. The molecule has 0 radical (unpaired) electrons. The fourth-order valence-corrected chi connectivity index (χ4v) is 2.54. The molecule has 0 spiro atoms. The van der Waals surface area contributed by atoms with Crippen molar-refractivity contribution in [1.82, 2.24) is 5.32 Å². The average Bonchev–Trinajstić information content (AvgIpc) is 2.67. The number of hydrogen-bond acceptors (Lipinski definition) is 4. The number of halogens is 2. The van der Waals surface area contributed by atoms with Gasteiger partial charge in [-0.3, -0.25) is 9.59 Å². The van der Waals surface area contributed by atoms with Crippen LogP contribution in [0.1, 0.15) is 29.8 Å². The molecule has 0 aliphatic heterocycles. The molecule has 0 saturated heterocycles. The summed E-state index contributed by atoms with van der Waals surface area (Å²) in [6.45, 7) is 4.60. The predicted molar refractivity (Wildman–Crippen MR) is 103 cm³/mol. The Morgan fingerprint density at radius 3 is 2.34 bits per heavy atom. The minimum absolute atomic E-state index is 0.0261. The van der Waals surface area contributed by atoms with Crippen LogP contribution in [0.5, 0.6) is 0 Å². The number of hydrogen-bond donors (Lipinski definition) is 2. The van der Waals surface area contributed by atoms with Gasteiger partial charge >= 0.3 is 5.97 Å². The van der Waals surface area contributed by atoms with Crippen molar-refractivity contribution >= 4 is 23.5 Å². The Kier molecular flexibility index (Phi) is 7.41. The van der Waals surface area contributed by atoms with Gasteiger partial charge in [-0.05, 0) is 36.6 Å². The highest BCUT2D eigenvalue weighted by Gasteiger charge is 2.27. The highest BCUT2D eigenvalue weighted by Crippen LogP contribution is 2.13. The Balaban J connectivity index is 1.95. The van der Waals surface area contributed by atoms with Crippen LogP contribution in [-0.4, -0.2) is 30.4 Å². The van der Waals surface area contributed by atoms with Gasteiger partial charge < -0.3 is 15.4 Å². The van der Waals surface area contributed by atoms with Gasteiger partial charge in [0.2, 0.25) is 0 Å². The second kappa shape index (κ2) is 9.77. The van der Waals surface area contributed by atoms with Gasteiger partial charge in [0.1, 0.15) is 6.04 Å². The van der Waals surface area contributed by atoms with E-state index in [1.54, 1.807) is 45.0 Å². The molecule has 2 rings (SSSR count). The minimum atomic E-state index is -1.11. The first-order valence-electron chi connectivity index (χ1n) is 8.97. The number of rotatable bonds is 7. The van der Waals surface area contributed by atoms with Crippen molar-refractivity contribution in [2.75, 3.05) is 11.9 Å². The summed E-state index contributed by atoms with van der Waals surface area (Å²) in [6.07, 6.45) is 0. The van der Waals surface area contributed by atoms with E-state index in [1.807, 2.05) is 0 Å². The second-order valence-electron chi connectivity index (χ2n) is 6.79. The summed E-state index contributed by atoms with van der Waals surface area (Å²) in [7, 11) is 0. The predicted octanol–water partition coefficient (Wildman–Crippen LogP) is 3.21. The van der Waals surface area contributed by atoms with Crippen LogP contribution in [0.25, 0.3) is 0 Å². The third kappa shape index (κ3) is 6.10. The van der Waals surface area contributed by atoms with E-state index < -0.39 is 42.1 Å². The number of ether oxygens (including phenoxy) is 1.